The molecule has 0 saturated carbocycles. The topological polar surface area (TPSA) is 93.7 Å². The summed E-state index contributed by atoms with van der Waals surface area (Å²) in [4.78, 5) is 36.0. The van der Waals surface area contributed by atoms with E-state index in [-0.39, 0.29) is 12.6 Å². The van der Waals surface area contributed by atoms with Gasteiger partial charge in [0.25, 0.3) is 11.8 Å². The predicted molar refractivity (Wildman–Crippen MR) is 109 cm³/mol. The van der Waals surface area contributed by atoms with Gasteiger partial charge in [0.2, 0.25) is 0 Å². The molecule has 0 aliphatic carbocycles. The molecule has 0 radical (unpaired) electrons. The van der Waals surface area contributed by atoms with Crippen molar-refractivity contribution in [1.82, 2.24) is 10.6 Å². The van der Waals surface area contributed by atoms with Gasteiger partial charge in [-0.2, -0.15) is 0 Å². The van der Waals surface area contributed by atoms with E-state index in [2.05, 4.69) is 10.6 Å². The van der Waals surface area contributed by atoms with E-state index in [0.29, 0.717) is 22.9 Å². The Kier molecular flexibility index (Phi) is 8.48. The molecule has 0 aromatic heterocycles. The molecule has 2 aromatic rings. The minimum Gasteiger partial charge on any atom is -0.493 e. The zero-order valence-corrected chi connectivity index (χ0v) is 17.0. The number of para-hydroxylation sites is 1. The van der Waals surface area contributed by atoms with Crippen LogP contribution in [0, 0.1) is 0 Å². The van der Waals surface area contributed by atoms with Crippen molar-refractivity contribution in [2.24, 2.45) is 0 Å². The Morgan fingerprint density at radius 2 is 1.86 bits per heavy atom. The summed E-state index contributed by atoms with van der Waals surface area (Å²) in [7, 11) is 0. The lowest BCUT2D eigenvalue weighted by molar-refractivity contribution is -0.147. The largest absolute Gasteiger partial charge is 0.493 e. The maximum Gasteiger partial charge on any atom is 0.325 e. The lowest BCUT2D eigenvalue weighted by Crippen LogP contribution is -2.34. The molecule has 29 heavy (non-hydrogen) atoms. The number of carbonyl (C=O) groups excluding carboxylic acids is 3. The zero-order valence-electron chi connectivity index (χ0n) is 16.2. The fraction of sp³-hybridized carbons (Fsp3) is 0.286. The number of rotatable bonds is 9. The van der Waals surface area contributed by atoms with Crippen molar-refractivity contribution in [1.29, 1.82) is 0 Å². The third-order valence-corrected chi connectivity index (χ3v) is 4.15. The molecule has 0 saturated heterocycles. The Morgan fingerprint density at radius 1 is 1.10 bits per heavy atom. The van der Waals surface area contributed by atoms with Crippen molar-refractivity contribution in [2.75, 3.05) is 19.8 Å². The first-order chi connectivity index (χ1) is 13.9. The van der Waals surface area contributed by atoms with Gasteiger partial charge in [0, 0.05) is 5.02 Å². The van der Waals surface area contributed by atoms with Crippen molar-refractivity contribution in [3.63, 3.8) is 0 Å². The number of halogens is 1. The molecule has 0 fully saturated rings. The zero-order chi connectivity index (χ0) is 21.2. The second-order valence-electron chi connectivity index (χ2n) is 6.12. The second-order valence-corrected chi connectivity index (χ2v) is 6.55. The van der Waals surface area contributed by atoms with Gasteiger partial charge < -0.3 is 20.1 Å². The Hall–Kier alpha value is -3.06. The number of ether oxygens (including phenoxy) is 2. The van der Waals surface area contributed by atoms with Crippen molar-refractivity contribution in [2.45, 2.75) is 19.9 Å². The molecule has 0 aliphatic heterocycles. The fourth-order valence-electron chi connectivity index (χ4n) is 2.52. The van der Waals surface area contributed by atoms with E-state index in [0.717, 1.165) is 5.56 Å². The van der Waals surface area contributed by atoms with Gasteiger partial charge in [-0.25, -0.2) is 0 Å². The van der Waals surface area contributed by atoms with E-state index in [4.69, 9.17) is 21.1 Å². The lowest BCUT2D eigenvalue weighted by Gasteiger charge is -2.15. The normalized spacial score (nSPS) is 11.3. The molecule has 2 amide bonds. The van der Waals surface area contributed by atoms with Gasteiger partial charge in [-0.3, -0.25) is 14.4 Å². The van der Waals surface area contributed by atoms with E-state index < -0.39 is 24.4 Å². The van der Waals surface area contributed by atoms with Gasteiger partial charge in [0.15, 0.2) is 6.61 Å². The van der Waals surface area contributed by atoms with Crippen LogP contribution in [0.25, 0.3) is 0 Å². The maximum atomic E-state index is 12.2. The number of hydrogen-bond acceptors (Lipinski definition) is 5. The molecule has 0 unspecified atom stereocenters. The molecule has 154 valence electrons. The van der Waals surface area contributed by atoms with Gasteiger partial charge in [-0.05, 0) is 43.7 Å². The van der Waals surface area contributed by atoms with Crippen molar-refractivity contribution < 1.29 is 23.9 Å². The Morgan fingerprint density at radius 3 is 2.59 bits per heavy atom. The molecule has 0 spiro atoms. The standard InChI is InChI=1S/C21H23ClN2O5/c1-3-28-18-10-5-4-9-17(18)21(27)23-12-20(26)29-13-19(25)24-14(2)15-7-6-8-16(22)11-15/h4-11,14H,3,12-13H2,1-2H3,(H,23,27)(H,24,25)/t14-/m1/s1. The SMILES string of the molecule is CCOc1ccccc1C(=O)NCC(=O)OCC(=O)N[C@H](C)c1cccc(Cl)c1. The van der Waals surface area contributed by atoms with Gasteiger partial charge in [0.1, 0.15) is 12.3 Å². The van der Waals surface area contributed by atoms with Crippen LogP contribution in [0.2, 0.25) is 5.02 Å². The first-order valence-electron chi connectivity index (χ1n) is 9.11. The highest BCUT2D eigenvalue weighted by Gasteiger charge is 2.15. The summed E-state index contributed by atoms with van der Waals surface area (Å²) in [6, 6.07) is 13.5. The van der Waals surface area contributed by atoms with Gasteiger partial charge >= 0.3 is 5.97 Å². The highest BCUT2D eigenvalue weighted by Crippen LogP contribution is 2.18. The number of amides is 2. The monoisotopic (exact) mass is 418 g/mol. The van der Waals surface area contributed by atoms with Gasteiger partial charge in [0.05, 0.1) is 18.2 Å². The Balaban J connectivity index is 1.76. The molecular weight excluding hydrogens is 396 g/mol. The van der Waals surface area contributed by atoms with Crippen LogP contribution in [0.3, 0.4) is 0 Å². The molecule has 7 nitrogen and oxygen atoms in total. The van der Waals surface area contributed by atoms with Crippen LogP contribution in [0.15, 0.2) is 48.5 Å². The van der Waals surface area contributed by atoms with Crippen LogP contribution < -0.4 is 15.4 Å². The van der Waals surface area contributed by atoms with Gasteiger partial charge in [-0.1, -0.05) is 35.9 Å². The fourth-order valence-corrected chi connectivity index (χ4v) is 2.72. The van der Waals surface area contributed by atoms with Crippen LogP contribution in [-0.4, -0.2) is 37.5 Å². The number of nitrogens with one attached hydrogen (secondary N) is 2. The van der Waals surface area contributed by atoms with Crippen molar-refractivity contribution >= 4 is 29.4 Å². The van der Waals surface area contributed by atoms with Crippen LogP contribution in [0.4, 0.5) is 0 Å². The Labute approximate surface area is 174 Å². The third kappa shape index (κ3) is 7.12. The van der Waals surface area contributed by atoms with Gasteiger partial charge in [-0.15, -0.1) is 0 Å². The second kappa shape index (κ2) is 11.1. The smallest absolute Gasteiger partial charge is 0.325 e. The van der Waals surface area contributed by atoms with Crippen LogP contribution in [0.1, 0.15) is 35.8 Å². The van der Waals surface area contributed by atoms with Crippen molar-refractivity contribution in [3.05, 3.63) is 64.7 Å². The van der Waals surface area contributed by atoms with E-state index in [1.165, 1.54) is 0 Å². The molecule has 1 atom stereocenters. The Bertz CT molecular complexity index is 872. The highest BCUT2D eigenvalue weighted by atomic mass is 35.5. The van der Waals surface area contributed by atoms with E-state index in [1.807, 2.05) is 13.0 Å². The van der Waals surface area contributed by atoms with Crippen molar-refractivity contribution in [3.8, 4) is 5.75 Å². The van der Waals surface area contributed by atoms with Crippen LogP contribution in [0.5, 0.6) is 5.75 Å². The predicted octanol–water partition coefficient (Wildman–Crippen LogP) is 2.89. The maximum absolute atomic E-state index is 12.2. The molecule has 8 heteroatoms. The summed E-state index contributed by atoms with van der Waals surface area (Å²) in [5, 5.41) is 5.73. The van der Waals surface area contributed by atoms with E-state index >= 15 is 0 Å². The summed E-state index contributed by atoms with van der Waals surface area (Å²) in [5.74, 6) is -1.23. The van der Waals surface area contributed by atoms with E-state index in [1.54, 1.807) is 49.4 Å². The summed E-state index contributed by atoms with van der Waals surface area (Å²) >= 11 is 5.94. The summed E-state index contributed by atoms with van der Waals surface area (Å²) in [6.07, 6.45) is 0. The lowest BCUT2D eigenvalue weighted by atomic mass is 10.1. The summed E-state index contributed by atoms with van der Waals surface area (Å²) in [6.45, 7) is 3.20. The first kappa shape index (κ1) is 22.2. The average Bonchev–Trinajstić information content (AvgIpc) is 2.71. The average molecular weight is 419 g/mol. The molecule has 0 aliphatic rings. The number of carbonyl (C=O) groups is 3. The number of hydrogen-bond donors (Lipinski definition) is 2. The molecule has 2 aromatic carbocycles. The first-order valence-corrected chi connectivity index (χ1v) is 9.49. The molecule has 2 N–H and O–H groups in total. The van der Waals surface area contributed by atoms with E-state index in [9.17, 15) is 14.4 Å². The summed E-state index contributed by atoms with van der Waals surface area (Å²) in [5.41, 5.74) is 1.15. The van der Waals surface area contributed by atoms with Crippen LogP contribution in [-0.2, 0) is 14.3 Å². The highest BCUT2D eigenvalue weighted by molar-refractivity contribution is 6.30. The molecule has 0 bridgehead atoms. The number of esters is 1. The third-order valence-electron chi connectivity index (χ3n) is 3.92. The minimum absolute atomic E-state index is 0.297. The molecular formula is C21H23ClN2O5. The van der Waals surface area contributed by atoms with Crippen LogP contribution >= 0.6 is 11.6 Å². The number of benzene rings is 2. The minimum atomic E-state index is -0.724. The molecule has 0 heterocycles. The summed E-state index contributed by atoms with van der Waals surface area (Å²) < 4.78 is 10.3. The quantitative estimate of drug-likeness (QED) is 0.611. The molecule has 2 rings (SSSR count).